The lowest BCUT2D eigenvalue weighted by molar-refractivity contribution is -0.0260. The molecule has 2 heteroatoms. The largest absolute Gasteiger partial charge is 0.374 e. The molecule has 2 nitrogen and oxygen atoms in total. The van der Waals surface area contributed by atoms with Crippen molar-refractivity contribution in [2.24, 2.45) is 0 Å². The van der Waals surface area contributed by atoms with Gasteiger partial charge in [-0.3, -0.25) is 0 Å². The minimum atomic E-state index is 0.486. The molecule has 0 spiro atoms. The quantitative estimate of drug-likeness (QED) is 0.596. The maximum atomic E-state index is 5.95. The van der Waals surface area contributed by atoms with Crippen molar-refractivity contribution < 1.29 is 4.74 Å². The van der Waals surface area contributed by atoms with E-state index in [9.17, 15) is 0 Å². The molecule has 2 fully saturated rings. The van der Waals surface area contributed by atoms with E-state index in [0.717, 1.165) is 0 Å². The molecular formula is C10H19NO. The van der Waals surface area contributed by atoms with Gasteiger partial charge in [-0.2, -0.15) is 0 Å². The first-order valence-electron chi connectivity index (χ1n) is 5.25. The van der Waals surface area contributed by atoms with Gasteiger partial charge in [0.2, 0.25) is 0 Å². The van der Waals surface area contributed by atoms with Crippen LogP contribution in [0.1, 0.15) is 39.0 Å². The van der Waals surface area contributed by atoms with E-state index in [1.54, 1.807) is 0 Å². The molecule has 3 atom stereocenters. The second-order valence-corrected chi connectivity index (χ2v) is 4.12. The van der Waals surface area contributed by atoms with E-state index in [-0.39, 0.29) is 0 Å². The first-order valence-corrected chi connectivity index (χ1v) is 5.25. The molecule has 0 bridgehead atoms. The van der Waals surface area contributed by atoms with E-state index >= 15 is 0 Å². The highest BCUT2D eigenvalue weighted by atomic mass is 16.5. The molecule has 2 aliphatic heterocycles. The molecule has 0 aromatic carbocycles. The van der Waals surface area contributed by atoms with Gasteiger partial charge in [0.1, 0.15) is 0 Å². The third-order valence-corrected chi connectivity index (χ3v) is 3.05. The Labute approximate surface area is 74.7 Å². The van der Waals surface area contributed by atoms with Crippen molar-refractivity contribution in [3.8, 4) is 0 Å². The molecule has 0 aliphatic carbocycles. The normalized spacial score (nSPS) is 43.2. The first-order chi connectivity index (χ1) is 5.86. The van der Waals surface area contributed by atoms with Gasteiger partial charge in [0.25, 0.3) is 0 Å². The van der Waals surface area contributed by atoms with Crippen LogP contribution in [0.5, 0.6) is 0 Å². The average Bonchev–Trinajstić information content (AvgIpc) is 2.25. The zero-order valence-corrected chi connectivity index (χ0v) is 7.88. The molecule has 0 aromatic rings. The molecule has 1 N–H and O–H groups in total. The van der Waals surface area contributed by atoms with Gasteiger partial charge in [0.15, 0.2) is 0 Å². The van der Waals surface area contributed by atoms with Crippen LogP contribution < -0.4 is 5.32 Å². The molecule has 70 valence electrons. The summed E-state index contributed by atoms with van der Waals surface area (Å²) in [7, 11) is 0. The van der Waals surface area contributed by atoms with E-state index in [1.807, 2.05) is 0 Å². The minimum Gasteiger partial charge on any atom is -0.374 e. The molecule has 0 saturated carbocycles. The van der Waals surface area contributed by atoms with Gasteiger partial charge in [-0.1, -0.05) is 0 Å². The summed E-state index contributed by atoms with van der Waals surface area (Å²) in [6.07, 6.45) is 7.44. The van der Waals surface area contributed by atoms with Crippen molar-refractivity contribution in [1.29, 1.82) is 0 Å². The van der Waals surface area contributed by atoms with Gasteiger partial charge >= 0.3 is 0 Å². The fraction of sp³-hybridized carbons (Fsp3) is 1.00. The summed E-state index contributed by atoms with van der Waals surface area (Å²) in [5, 5.41) is 3.56. The van der Waals surface area contributed by atoms with E-state index < -0.39 is 0 Å². The molecule has 0 unspecified atom stereocenters. The maximum Gasteiger partial charge on any atom is 0.0732 e. The summed E-state index contributed by atoms with van der Waals surface area (Å²) in [6, 6.07) is 0.656. The zero-order valence-electron chi connectivity index (χ0n) is 7.88. The molecular weight excluding hydrogens is 150 g/mol. The topological polar surface area (TPSA) is 21.3 Å². The lowest BCUT2D eigenvalue weighted by Crippen LogP contribution is -2.45. The Hall–Kier alpha value is -0.0800. The molecule has 2 heterocycles. The number of fused-ring (bicyclic) bond motifs is 1. The van der Waals surface area contributed by atoms with Crippen LogP contribution in [0.3, 0.4) is 0 Å². The van der Waals surface area contributed by atoms with Crippen molar-refractivity contribution in [1.82, 2.24) is 5.32 Å². The van der Waals surface area contributed by atoms with Crippen molar-refractivity contribution in [2.45, 2.75) is 57.3 Å². The monoisotopic (exact) mass is 169 g/mol. The van der Waals surface area contributed by atoms with Crippen LogP contribution in [0.2, 0.25) is 0 Å². The van der Waals surface area contributed by atoms with Crippen LogP contribution in [0.4, 0.5) is 0 Å². The van der Waals surface area contributed by atoms with Gasteiger partial charge in [-0.05, 0) is 45.6 Å². The zero-order chi connectivity index (χ0) is 8.39. The third kappa shape index (κ3) is 1.80. The maximum absolute atomic E-state index is 5.95. The van der Waals surface area contributed by atoms with Crippen molar-refractivity contribution in [3.63, 3.8) is 0 Å². The highest BCUT2D eigenvalue weighted by Gasteiger charge is 2.28. The minimum absolute atomic E-state index is 0.486. The summed E-state index contributed by atoms with van der Waals surface area (Å²) in [5.74, 6) is 0. The molecule has 0 radical (unpaired) electrons. The average molecular weight is 169 g/mol. The highest BCUT2D eigenvalue weighted by molar-refractivity contribution is 4.84. The van der Waals surface area contributed by atoms with Crippen LogP contribution in [0.25, 0.3) is 0 Å². The Bertz CT molecular complexity index is 149. The molecule has 2 aliphatic rings. The molecule has 0 aromatic heterocycles. The van der Waals surface area contributed by atoms with Gasteiger partial charge in [0.05, 0.1) is 12.2 Å². The third-order valence-electron chi connectivity index (χ3n) is 3.05. The predicted molar refractivity (Wildman–Crippen MR) is 49.2 cm³/mol. The molecule has 2 rings (SSSR count). The second kappa shape index (κ2) is 3.75. The van der Waals surface area contributed by atoms with E-state index in [0.29, 0.717) is 18.2 Å². The Balaban J connectivity index is 1.96. The standard InChI is InChI=1S/C10H19NO/c1-8-4-2-5-9-10(12-8)6-3-7-11-9/h8-11H,2-7H2,1H3/t8-,9+,10+/m1/s1. The Kier molecular flexibility index (Phi) is 2.66. The van der Waals surface area contributed by atoms with Gasteiger partial charge in [-0.15, -0.1) is 0 Å². The molecule has 0 amide bonds. The van der Waals surface area contributed by atoms with Crippen LogP contribution in [0.15, 0.2) is 0 Å². The molecule has 12 heavy (non-hydrogen) atoms. The Morgan fingerprint density at radius 3 is 3.00 bits per heavy atom. The smallest absolute Gasteiger partial charge is 0.0732 e. The van der Waals surface area contributed by atoms with Crippen molar-refractivity contribution in [3.05, 3.63) is 0 Å². The SMILES string of the molecule is C[C@@H]1CCC[C@@H]2NCCC[C@@H]2O1. The Morgan fingerprint density at radius 1 is 1.17 bits per heavy atom. The summed E-state index contributed by atoms with van der Waals surface area (Å²) < 4.78 is 5.95. The summed E-state index contributed by atoms with van der Waals surface area (Å²) in [5.41, 5.74) is 0. The number of piperidine rings is 1. The number of nitrogens with one attached hydrogen (secondary N) is 1. The second-order valence-electron chi connectivity index (χ2n) is 4.12. The van der Waals surface area contributed by atoms with Gasteiger partial charge in [-0.25, -0.2) is 0 Å². The number of rotatable bonds is 0. The fourth-order valence-corrected chi connectivity index (χ4v) is 2.37. The van der Waals surface area contributed by atoms with E-state index in [2.05, 4.69) is 12.2 Å². The lowest BCUT2D eigenvalue weighted by atomic mass is 9.98. The number of hydrogen-bond donors (Lipinski definition) is 1. The molecule has 2 saturated heterocycles. The van der Waals surface area contributed by atoms with Crippen LogP contribution >= 0.6 is 0 Å². The van der Waals surface area contributed by atoms with Crippen LogP contribution in [-0.4, -0.2) is 24.8 Å². The summed E-state index contributed by atoms with van der Waals surface area (Å²) in [4.78, 5) is 0. The first kappa shape index (κ1) is 8.52. The van der Waals surface area contributed by atoms with Crippen LogP contribution in [-0.2, 0) is 4.74 Å². The summed E-state index contributed by atoms with van der Waals surface area (Å²) >= 11 is 0. The van der Waals surface area contributed by atoms with Crippen molar-refractivity contribution >= 4 is 0 Å². The van der Waals surface area contributed by atoms with E-state index in [4.69, 9.17) is 4.74 Å². The highest BCUT2D eigenvalue weighted by Crippen LogP contribution is 2.24. The predicted octanol–water partition coefficient (Wildman–Crippen LogP) is 1.70. The Morgan fingerprint density at radius 2 is 2.08 bits per heavy atom. The van der Waals surface area contributed by atoms with Crippen LogP contribution in [0, 0.1) is 0 Å². The van der Waals surface area contributed by atoms with Gasteiger partial charge in [0, 0.05) is 6.04 Å². The summed E-state index contributed by atoms with van der Waals surface area (Å²) in [6.45, 7) is 3.40. The number of ether oxygens (including phenoxy) is 1. The van der Waals surface area contributed by atoms with Crippen molar-refractivity contribution in [2.75, 3.05) is 6.54 Å². The fourth-order valence-electron chi connectivity index (χ4n) is 2.37. The number of hydrogen-bond acceptors (Lipinski definition) is 2. The lowest BCUT2D eigenvalue weighted by Gasteiger charge is -2.31. The van der Waals surface area contributed by atoms with Gasteiger partial charge < -0.3 is 10.1 Å². The van der Waals surface area contributed by atoms with E-state index in [1.165, 1.54) is 38.6 Å².